The van der Waals surface area contributed by atoms with Crippen LogP contribution in [0.5, 0.6) is 0 Å². The second-order valence-corrected chi connectivity index (χ2v) is 8.85. The molecule has 0 bridgehead atoms. The third-order valence-corrected chi connectivity index (χ3v) is 6.49. The summed E-state index contributed by atoms with van der Waals surface area (Å²) >= 11 is 0. The first-order valence-corrected chi connectivity index (χ1v) is 12.2. The van der Waals surface area contributed by atoms with E-state index in [1.807, 2.05) is 44.2 Å². The quantitative estimate of drug-likeness (QED) is 0.433. The molecule has 1 aromatic carbocycles. The number of nitrogens with zero attached hydrogens (tertiary/aromatic N) is 2. The number of carbonyl (C=O) groups excluding carboxylic acids is 2. The number of hydrogen-bond donors (Lipinski definition) is 2. The summed E-state index contributed by atoms with van der Waals surface area (Å²) in [5.74, 6) is -0.730. The van der Waals surface area contributed by atoms with Crippen LogP contribution in [0, 0.1) is 0 Å². The van der Waals surface area contributed by atoms with Crippen LogP contribution < -0.4 is 10.6 Å². The van der Waals surface area contributed by atoms with Gasteiger partial charge in [-0.05, 0) is 36.1 Å². The van der Waals surface area contributed by atoms with Crippen molar-refractivity contribution in [2.45, 2.75) is 58.1 Å². The lowest BCUT2D eigenvalue weighted by atomic mass is 10.0. The van der Waals surface area contributed by atoms with Crippen molar-refractivity contribution in [3.8, 4) is 0 Å². The second-order valence-electron chi connectivity index (χ2n) is 8.85. The zero-order valence-electron chi connectivity index (χ0n) is 20.6. The van der Waals surface area contributed by atoms with Crippen LogP contribution in [0.25, 0.3) is 0 Å². The summed E-state index contributed by atoms with van der Waals surface area (Å²) in [6, 6.07) is 12.7. The first kappa shape index (κ1) is 26.4. The van der Waals surface area contributed by atoms with Crippen LogP contribution in [0.4, 0.5) is 13.2 Å². The third-order valence-electron chi connectivity index (χ3n) is 6.49. The summed E-state index contributed by atoms with van der Waals surface area (Å²) < 4.78 is 46.0. The van der Waals surface area contributed by atoms with Gasteiger partial charge in [0.1, 0.15) is 11.4 Å². The fourth-order valence-electron chi connectivity index (χ4n) is 4.48. The molecule has 3 heterocycles. The van der Waals surface area contributed by atoms with Crippen molar-refractivity contribution >= 4 is 11.8 Å². The Morgan fingerprint density at radius 2 is 1.68 bits per heavy atom. The highest BCUT2D eigenvalue weighted by molar-refractivity contribution is 6.01. The van der Waals surface area contributed by atoms with Crippen LogP contribution in [0.1, 0.15) is 82.1 Å². The van der Waals surface area contributed by atoms with Crippen LogP contribution in [0.15, 0.2) is 54.7 Å². The van der Waals surface area contributed by atoms with Gasteiger partial charge in [-0.1, -0.05) is 50.2 Å². The van der Waals surface area contributed by atoms with Gasteiger partial charge in [0.05, 0.1) is 36.6 Å². The lowest BCUT2D eigenvalue weighted by Crippen LogP contribution is -2.31. The van der Waals surface area contributed by atoms with E-state index in [1.165, 1.54) is 6.07 Å². The number of aromatic nitrogens is 2. The zero-order valence-corrected chi connectivity index (χ0v) is 20.6. The largest absolute Gasteiger partial charge is 0.433 e. The fourth-order valence-corrected chi connectivity index (χ4v) is 4.48. The first-order valence-electron chi connectivity index (χ1n) is 12.2. The normalized spacial score (nSPS) is 14.9. The molecular weight excluding hydrogens is 485 g/mol. The Labute approximate surface area is 213 Å². The average Bonchev–Trinajstić information content (AvgIpc) is 3.30. The standard InChI is InChI=1S/C27H29F3N4O3/c1-3-20(17-8-6-5-7-9-17)33-26(36)22-14-19(23-16-37-13-12-34(22)23)25(35)32-21(4-2)18-10-11-24(31-15-18)27(28,29)30/h5-11,14-15,20-21H,3-4,12-13,16H2,1-2H3,(H,32,35)(H,33,36). The molecule has 1 aliphatic rings. The number of pyridine rings is 1. The highest BCUT2D eigenvalue weighted by atomic mass is 19.4. The van der Waals surface area contributed by atoms with E-state index in [9.17, 15) is 22.8 Å². The van der Waals surface area contributed by atoms with Gasteiger partial charge in [-0.2, -0.15) is 13.2 Å². The van der Waals surface area contributed by atoms with Gasteiger partial charge in [-0.25, -0.2) is 0 Å². The fraction of sp³-hybridized carbons (Fsp3) is 0.370. The lowest BCUT2D eigenvalue weighted by molar-refractivity contribution is -0.141. The van der Waals surface area contributed by atoms with Crippen molar-refractivity contribution in [2.24, 2.45) is 0 Å². The zero-order chi connectivity index (χ0) is 26.6. The molecule has 1 aliphatic heterocycles. The molecule has 0 radical (unpaired) electrons. The van der Waals surface area contributed by atoms with Crippen molar-refractivity contribution in [1.82, 2.24) is 20.2 Å². The molecule has 0 aliphatic carbocycles. The summed E-state index contributed by atoms with van der Waals surface area (Å²) in [7, 11) is 0. The Kier molecular flexibility index (Phi) is 7.97. The summed E-state index contributed by atoms with van der Waals surface area (Å²) in [5.41, 5.74) is 1.70. The van der Waals surface area contributed by atoms with E-state index in [0.717, 1.165) is 17.8 Å². The molecule has 0 saturated heterocycles. The number of nitrogens with one attached hydrogen (secondary N) is 2. The summed E-state index contributed by atoms with van der Waals surface area (Å²) in [5, 5.41) is 5.94. The minimum absolute atomic E-state index is 0.171. The Bertz CT molecular complexity index is 1240. The molecule has 10 heteroatoms. The minimum atomic E-state index is -4.54. The van der Waals surface area contributed by atoms with Crippen LogP contribution >= 0.6 is 0 Å². The number of hydrogen-bond acceptors (Lipinski definition) is 4. The summed E-state index contributed by atoms with van der Waals surface area (Å²) in [6.45, 7) is 4.80. The molecule has 0 saturated carbocycles. The van der Waals surface area contributed by atoms with Crippen molar-refractivity contribution in [3.63, 3.8) is 0 Å². The Hall–Kier alpha value is -3.66. The molecular formula is C27H29F3N4O3. The van der Waals surface area contributed by atoms with Gasteiger partial charge in [0.25, 0.3) is 11.8 Å². The maximum absolute atomic E-state index is 13.3. The highest BCUT2D eigenvalue weighted by Crippen LogP contribution is 2.29. The predicted octanol–water partition coefficient (Wildman–Crippen LogP) is 5.19. The Balaban J connectivity index is 1.56. The average molecular weight is 515 g/mol. The molecule has 4 rings (SSSR count). The first-order chi connectivity index (χ1) is 17.7. The van der Waals surface area contributed by atoms with Gasteiger partial charge < -0.3 is 19.9 Å². The third kappa shape index (κ3) is 5.85. The molecule has 7 nitrogen and oxygen atoms in total. The minimum Gasteiger partial charge on any atom is -0.373 e. The number of benzene rings is 1. The molecule has 0 spiro atoms. The van der Waals surface area contributed by atoms with E-state index >= 15 is 0 Å². The molecule has 2 atom stereocenters. The van der Waals surface area contributed by atoms with Gasteiger partial charge >= 0.3 is 6.18 Å². The Morgan fingerprint density at radius 1 is 1.00 bits per heavy atom. The van der Waals surface area contributed by atoms with Crippen LogP contribution in [0.3, 0.4) is 0 Å². The number of halogens is 3. The van der Waals surface area contributed by atoms with Crippen molar-refractivity contribution in [3.05, 3.63) is 88.5 Å². The van der Waals surface area contributed by atoms with Crippen LogP contribution in [0.2, 0.25) is 0 Å². The van der Waals surface area contributed by atoms with Crippen LogP contribution in [-0.2, 0) is 24.1 Å². The van der Waals surface area contributed by atoms with Gasteiger partial charge in [0, 0.05) is 12.7 Å². The van der Waals surface area contributed by atoms with E-state index in [-0.39, 0.29) is 18.6 Å². The molecule has 2 aromatic heterocycles. The van der Waals surface area contributed by atoms with Gasteiger partial charge in [-0.15, -0.1) is 0 Å². The Morgan fingerprint density at radius 3 is 2.30 bits per heavy atom. The number of rotatable bonds is 8. The molecule has 37 heavy (non-hydrogen) atoms. The molecule has 3 aromatic rings. The van der Waals surface area contributed by atoms with Gasteiger partial charge in [-0.3, -0.25) is 14.6 Å². The molecule has 2 unspecified atom stereocenters. The topological polar surface area (TPSA) is 85.2 Å². The molecule has 196 valence electrons. The summed E-state index contributed by atoms with van der Waals surface area (Å²) in [4.78, 5) is 30.1. The smallest absolute Gasteiger partial charge is 0.373 e. The van der Waals surface area contributed by atoms with Crippen LogP contribution in [-0.4, -0.2) is 28.0 Å². The number of ether oxygens (including phenoxy) is 1. The molecule has 2 N–H and O–H groups in total. The number of fused-ring (bicyclic) bond motifs is 1. The van der Waals surface area contributed by atoms with E-state index < -0.39 is 23.8 Å². The van der Waals surface area contributed by atoms with Crippen molar-refractivity contribution < 1.29 is 27.5 Å². The highest BCUT2D eigenvalue weighted by Gasteiger charge is 2.33. The number of alkyl halides is 3. The maximum atomic E-state index is 13.3. The predicted molar refractivity (Wildman–Crippen MR) is 131 cm³/mol. The van der Waals surface area contributed by atoms with E-state index in [1.54, 1.807) is 10.6 Å². The van der Waals surface area contributed by atoms with Crippen molar-refractivity contribution in [1.29, 1.82) is 0 Å². The van der Waals surface area contributed by atoms with Gasteiger partial charge in [0.2, 0.25) is 0 Å². The van der Waals surface area contributed by atoms with Gasteiger partial charge in [0.15, 0.2) is 0 Å². The van der Waals surface area contributed by atoms with E-state index in [0.29, 0.717) is 48.5 Å². The number of amides is 2. The molecule has 0 fully saturated rings. The van der Waals surface area contributed by atoms with E-state index in [4.69, 9.17) is 4.74 Å². The van der Waals surface area contributed by atoms with E-state index in [2.05, 4.69) is 15.6 Å². The lowest BCUT2D eigenvalue weighted by Gasteiger charge is -2.22. The molecule has 2 amide bonds. The summed E-state index contributed by atoms with van der Waals surface area (Å²) in [6.07, 6.45) is -2.28. The number of carbonyl (C=O) groups is 2. The van der Waals surface area contributed by atoms with Crippen molar-refractivity contribution in [2.75, 3.05) is 6.61 Å². The monoisotopic (exact) mass is 514 g/mol. The SMILES string of the molecule is CCC(NC(=O)c1cc(C(=O)NC(CC)c2ccccc2)n2c1COCC2)c1ccc(C(F)(F)F)nc1. The maximum Gasteiger partial charge on any atom is 0.433 e. The second kappa shape index (κ2) is 11.2.